The van der Waals surface area contributed by atoms with Gasteiger partial charge in [0.2, 0.25) is 0 Å². The molecule has 1 aromatic heterocycles. The average Bonchev–Trinajstić information content (AvgIpc) is 3.03. The molecular formula is C17H14FN3O. The Balaban J connectivity index is 2.13. The van der Waals surface area contributed by atoms with E-state index in [9.17, 15) is 9.18 Å². The summed E-state index contributed by atoms with van der Waals surface area (Å²) in [5.41, 5.74) is 1.13. The number of halogens is 1. The highest BCUT2D eigenvalue weighted by molar-refractivity contribution is 6.11. The Hall–Kier alpha value is -2.82. The second kappa shape index (κ2) is 5.89. The summed E-state index contributed by atoms with van der Waals surface area (Å²) in [6.07, 6.45) is 2.24. The van der Waals surface area contributed by atoms with Crippen LogP contribution in [0.15, 0.2) is 54.9 Å². The summed E-state index contributed by atoms with van der Waals surface area (Å²) in [6, 6.07) is 13.1. The van der Waals surface area contributed by atoms with E-state index in [2.05, 4.69) is 10.2 Å². The van der Waals surface area contributed by atoms with Crippen molar-refractivity contribution in [1.29, 1.82) is 0 Å². The quantitative estimate of drug-likeness (QED) is 0.694. The summed E-state index contributed by atoms with van der Waals surface area (Å²) in [7, 11) is 0. The van der Waals surface area contributed by atoms with Gasteiger partial charge >= 0.3 is 0 Å². The van der Waals surface area contributed by atoms with Crippen molar-refractivity contribution in [2.45, 2.75) is 13.3 Å². The third kappa shape index (κ3) is 2.41. The minimum atomic E-state index is -0.526. The van der Waals surface area contributed by atoms with Crippen LogP contribution in [0.4, 0.5) is 4.39 Å². The number of aryl methyl sites for hydroxylation is 1. The molecule has 1 heterocycles. The number of nitrogens with zero attached hydrogens (tertiary/aromatic N) is 3. The van der Waals surface area contributed by atoms with Gasteiger partial charge in [-0.05, 0) is 24.3 Å². The summed E-state index contributed by atoms with van der Waals surface area (Å²) < 4.78 is 15.7. The first kappa shape index (κ1) is 14.1. The minimum Gasteiger partial charge on any atom is -0.288 e. The van der Waals surface area contributed by atoms with Crippen molar-refractivity contribution in [2.75, 3.05) is 0 Å². The first-order valence-electron chi connectivity index (χ1n) is 7.00. The third-order valence-electron chi connectivity index (χ3n) is 3.46. The summed E-state index contributed by atoms with van der Waals surface area (Å²) in [5.74, 6) is -0.139. The van der Waals surface area contributed by atoms with Crippen molar-refractivity contribution >= 4 is 5.78 Å². The zero-order valence-electron chi connectivity index (χ0n) is 12.0. The van der Waals surface area contributed by atoms with Crippen LogP contribution in [0.25, 0.3) is 5.69 Å². The highest BCUT2D eigenvalue weighted by Crippen LogP contribution is 2.21. The predicted molar refractivity (Wildman–Crippen MR) is 80.6 cm³/mol. The number of ketones is 1. The van der Waals surface area contributed by atoms with Gasteiger partial charge in [-0.2, -0.15) is 0 Å². The molecule has 2 aromatic carbocycles. The number of hydrogen-bond donors (Lipinski definition) is 0. The second-order valence-corrected chi connectivity index (χ2v) is 4.80. The normalized spacial score (nSPS) is 10.6. The zero-order chi connectivity index (χ0) is 15.5. The van der Waals surface area contributed by atoms with Gasteiger partial charge in [0, 0.05) is 12.0 Å². The lowest BCUT2D eigenvalue weighted by molar-refractivity contribution is 0.103. The van der Waals surface area contributed by atoms with Gasteiger partial charge in [0.25, 0.3) is 0 Å². The summed E-state index contributed by atoms with van der Waals surface area (Å²) in [6.45, 7) is 1.96. The number of carbonyl (C=O) groups is 1. The molecule has 110 valence electrons. The molecule has 0 radical (unpaired) electrons. The molecule has 4 nitrogen and oxygen atoms in total. The number of para-hydroxylation sites is 1. The standard InChI is InChI=1S/C17H14FN3O/c1-2-16-20-19-11-21(16)15-10-6-4-8-13(15)17(22)12-7-3-5-9-14(12)18/h3-11H,2H2,1H3. The fraction of sp³-hybridized carbons (Fsp3) is 0.118. The largest absolute Gasteiger partial charge is 0.288 e. The highest BCUT2D eigenvalue weighted by atomic mass is 19.1. The van der Waals surface area contributed by atoms with E-state index in [0.717, 1.165) is 5.82 Å². The fourth-order valence-electron chi connectivity index (χ4n) is 2.37. The zero-order valence-corrected chi connectivity index (χ0v) is 12.0. The van der Waals surface area contributed by atoms with Gasteiger partial charge in [-0.3, -0.25) is 9.36 Å². The van der Waals surface area contributed by atoms with Crippen LogP contribution >= 0.6 is 0 Å². The van der Waals surface area contributed by atoms with E-state index in [0.29, 0.717) is 17.7 Å². The fourth-order valence-corrected chi connectivity index (χ4v) is 2.37. The van der Waals surface area contributed by atoms with E-state index in [1.165, 1.54) is 12.1 Å². The lowest BCUT2D eigenvalue weighted by Gasteiger charge is -2.11. The van der Waals surface area contributed by atoms with Gasteiger partial charge in [-0.25, -0.2) is 4.39 Å². The van der Waals surface area contributed by atoms with E-state index >= 15 is 0 Å². The molecule has 5 heteroatoms. The van der Waals surface area contributed by atoms with Crippen molar-refractivity contribution in [3.8, 4) is 5.69 Å². The van der Waals surface area contributed by atoms with E-state index in [1.54, 1.807) is 41.2 Å². The molecule has 0 aliphatic rings. The smallest absolute Gasteiger partial charge is 0.198 e. The van der Waals surface area contributed by atoms with Crippen LogP contribution in [-0.4, -0.2) is 20.5 Å². The predicted octanol–water partition coefficient (Wildman–Crippen LogP) is 3.20. The number of rotatable bonds is 4. The Morgan fingerprint density at radius 1 is 1.09 bits per heavy atom. The molecule has 0 fully saturated rings. The van der Waals surface area contributed by atoms with Crippen LogP contribution in [0.5, 0.6) is 0 Å². The van der Waals surface area contributed by atoms with Crippen molar-refractivity contribution in [3.63, 3.8) is 0 Å². The van der Waals surface area contributed by atoms with Gasteiger partial charge in [0.1, 0.15) is 18.0 Å². The molecular weight excluding hydrogens is 281 g/mol. The first-order valence-corrected chi connectivity index (χ1v) is 7.00. The van der Waals surface area contributed by atoms with E-state index in [-0.39, 0.29) is 11.3 Å². The Kier molecular flexibility index (Phi) is 3.78. The highest BCUT2D eigenvalue weighted by Gasteiger charge is 2.18. The Bertz CT molecular complexity index is 826. The molecule has 0 saturated carbocycles. The Morgan fingerprint density at radius 2 is 1.77 bits per heavy atom. The summed E-state index contributed by atoms with van der Waals surface area (Å²) in [4.78, 5) is 12.7. The van der Waals surface area contributed by atoms with Crippen LogP contribution in [0.1, 0.15) is 28.7 Å². The Morgan fingerprint density at radius 3 is 2.50 bits per heavy atom. The lowest BCUT2D eigenvalue weighted by Crippen LogP contribution is -2.10. The number of hydrogen-bond acceptors (Lipinski definition) is 3. The lowest BCUT2D eigenvalue weighted by atomic mass is 10.0. The molecule has 0 amide bonds. The van der Waals surface area contributed by atoms with E-state index < -0.39 is 5.82 Å². The number of carbonyl (C=O) groups excluding carboxylic acids is 1. The van der Waals surface area contributed by atoms with E-state index in [1.807, 2.05) is 13.0 Å². The Labute approximate surface area is 127 Å². The van der Waals surface area contributed by atoms with Crippen LogP contribution in [0.3, 0.4) is 0 Å². The van der Waals surface area contributed by atoms with Crippen molar-refractivity contribution in [3.05, 3.63) is 77.6 Å². The SMILES string of the molecule is CCc1nncn1-c1ccccc1C(=O)c1ccccc1F. The van der Waals surface area contributed by atoms with Gasteiger partial charge in [0.05, 0.1) is 11.3 Å². The van der Waals surface area contributed by atoms with Gasteiger partial charge in [-0.15, -0.1) is 10.2 Å². The molecule has 22 heavy (non-hydrogen) atoms. The molecule has 0 aliphatic heterocycles. The van der Waals surface area contributed by atoms with Crippen LogP contribution in [0, 0.1) is 5.82 Å². The first-order chi connectivity index (χ1) is 10.7. The number of aromatic nitrogens is 3. The summed E-state index contributed by atoms with van der Waals surface area (Å²) >= 11 is 0. The van der Waals surface area contributed by atoms with Crippen molar-refractivity contribution in [1.82, 2.24) is 14.8 Å². The maximum atomic E-state index is 13.9. The van der Waals surface area contributed by atoms with E-state index in [4.69, 9.17) is 0 Å². The van der Waals surface area contributed by atoms with Crippen LogP contribution in [0.2, 0.25) is 0 Å². The molecule has 0 saturated heterocycles. The molecule has 0 spiro atoms. The third-order valence-corrected chi connectivity index (χ3v) is 3.46. The summed E-state index contributed by atoms with van der Waals surface area (Å²) in [5, 5.41) is 7.92. The molecule has 0 N–H and O–H groups in total. The second-order valence-electron chi connectivity index (χ2n) is 4.80. The minimum absolute atomic E-state index is 0.0565. The van der Waals surface area contributed by atoms with Crippen molar-refractivity contribution in [2.24, 2.45) is 0 Å². The topological polar surface area (TPSA) is 47.8 Å². The molecule has 0 bridgehead atoms. The van der Waals surface area contributed by atoms with Gasteiger partial charge in [0.15, 0.2) is 5.78 Å². The average molecular weight is 295 g/mol. The molecule has 0 aliphatic carbocycles. The molecule has 0 atom stereocenters. The molecule has 3 aromatic rings. The van der Waals surface area contributed by atoms with Crippen LogP contribution < -0.4 is 0 Å². The monoisotopic (exact) mass is 295 g/mol. The molecule has 3 rings (SSSR count). The number of benzene rings is 2. The van der Waals surface area contributed by atoms with Crippen molar-refractivity contribution < 1.29 is 9.18 Å². The van der Waals surface area contributed by atoms with Crippen LogP contribution in [-0.2, 0) is 6.42 Å². The van der Waals surface area contributed by atoms with Gasteiger partial charge in [-0.1, -0.05) is 31.2 Å². The maximum Gasteiger partial charge on any atom is 0.198 e. The maximum absolute atomic E-state index is 13.9. The van der Waals surface area contributed by atoms with Gasteiger partial charge < -0.3 is 0 Å². The molecule has 0 unspecified atom stereocenters.